The first-order valence-electron chi connectivity index (χ1n) is 6.34. The quantitative estimate of drug-likeness (QED) is 0.671. The van der Waals surface area contributed by atoms with E-state index in [9.17, 15) is 0 Å². The first-order valence-corrected chi connectivity index (χ1v) is 6.34. The lowest BCUT2D eigenvalue weighted by Gasteiger charge is -2.33. The first kappa shape index (κ1) is 10.5. The molecule has 0 aromatic heterocycles. The van der Waals surface area contributed by atoms with E-state index in [1.165, 1.54) is 38.5 Å². The van der Waals surface area contributed by atoms with Gasteiger partial charge in [0.15, 0.2) is 0 Å². The largest absolute Gasteiger partial charge is 0.384 e. The number of rotatable bonds is 3. The molecule has 2 fully saturated rings. The summed E-state index contributed by atoms with van der Waals surface area (Å²) >= 11 is 0. The highest BCUT2D eigenvalue weighted by molar-refractivity contribution is 4.90. The van der Waals surface area contributed by atoms with Gasteiger partial charge in [-0.25, -0.2) is 0 Å². The van der Waals surface area contributed by atoms with E-state index in [-0.39, 0.29) is 0 Å². The Morgan fingerprint density at radius 2 is 2.07 bits per heavy atom. The van der Waals surface area contributed by atoms with Crippen molar-refractivity contribution in [1.29, 1.82) is 0 Å². The predicted molar refractivity (Wildman–Crippen MR) is 59.2 cm³/mol. The van der Waals surface area contributed by atoms with Crippen molar-refractivity contribution in [3.05, 3.63) is 0 Å². The molecule has 0 heterocycles. The smallest absolute Gasteiger partial charge is 0.0493 e. The van der Waals surface area contributed by atoms with Crippen LogP contribution in [0.1, 0.15) is 45.4 Å². The molecule has 2 saturated carbocycles. The molecule has 1 heteroatoms. The fraction of sp³-hybridized carbons (Fsp3) is 1.00. The third-order valence-electron chi connectivity index (χ3n) is 4.56. The molecule has 0 saturated heterocycles. The molecule has 14 heavy (non-hydrogen) atoms. The average molecular weight is 196 g/mol. The van der Waals surface area contributed by atoms with Gasteiger partial charge in [-0.15, -0.1) is 0 Å². The molecule has 0 radical (unpaired) electrons. The van der Waals surface area contributed by atoms with Crippen molar-refractivity contribution in [3.63, 3.8) is 0 Å². The molecule has 0 aliphatic heterocycles. The summed E-state index contributed by atoms with van der Waals surface area (Å²) in [5, 5.41) is 0. The van der Waals surface area contributed by atoms with Crippen molar-refractivity contribution in [2.45, 2.75) is 45.4 Å². The van der Waals surface area contributed by atoms with Crippen molar-refractivity contribution in [3.8, 4) is 0 Å². The van der Waals surface area contributed by atoms with Gasteiger partial charge in [-0.3, -0.25) is 0 Å². The van der Waals surface area contributed by atoms with E-state index in [4.69, 9.17) is 4.74 Å². The first-order chi connectivity index (χ1) is 6.85. The van der Waals surface area contributed by atoms with Gasteiger partial charge in [0.2, 0.25) is 0 Å². The Hall–Kier alpha value is -0.0400. The molecular formula is C13H24O. The number of methoxy groups -OCH3 is 1. The third kappa shape index (κ3) is 1.98. The van der Waals surface area contributed by atoms with Gasteiger partial charge in [0.25, 0.3) is 0 Å². The lowest BCUT2D eigenvalue weighted by Crippen LogP contribution is -2.27. The van der Waals surface area contributed by atoms with Crippen LogP contribution < -0.4 is 0 Å². The zero-order valence-electron chi connectivity index (χ0n) is 9.67. The second-order valence-electron chi connectivity index (χ2n) is 5.32. The van der Waals surface area contributed by atoms with Crippen LogP contribution in [0.2, 0.25) is 0 Å². The van der Waals surface area contributed by atoms with Crippen molar-refractivity contribution in [2.24, 2.45) is 23.7 Å². The van der Waals surface area contributed by atoms with Crippen LogP contribution in [0.25, 0.3) is 0 Å². The molecule has 0 aromatic carbocycles. The summed E-state index contributed by atoms with van der Waals surface area (Å²) in [6.45, 7) is 3.37. The minimum atomic E-state index is 0.885. The van der Waals surface area contributed by atoms with Crippen molar-refractivity contribution >= 4 is 0 Å². The van der Waals surface area contributed by atoms with Crippen LogP contribution in [0.15, 0.2) is 0 Å². The van der Waals surface area contributed by atoms with E-state index >= 15 is 0 Å². The zero-order chi connectivity index (χ0) is 9.97. The van der Waals surface area contributed by atoms with E-state index in [2.05, 4.69) is 6.92 Å². The summed E-state index contributed by atoms with van der Waals surface area (Å²) in [6.07, 6.45) is 8.78. The second kappa shape index (κ2) is 4.65. The molecule has 2 aliphatic rings. The Kier molecular flexibility index (Phi) is 3.48. The molecule has 2 aliphatic carbocycles. The Morgan fingerprint density at radius 3 is 2.79 bits per heavy atom. The summed E-state index contributed by atoms with van der Waals surface area (Å²) in [7, 11) is 1.86. The molecule has 0 N–H and O–H groups in total. The monoisotopic (exact) mass is 196 g/mol. The standard InChI is InChI=1S/C13H24O/c1-3-10-7-11-5-4-6-12(9-14-2)13(11)8-10/h10-13H,3-9H2,1-2H3. The predicted octanol–water partition coefficient (Wildman–Crippen LogP) is 3.49. The Labute approximate surface area is 88.2 Å². The Balaban J connectivity index is 1.95. The van der Waals surface area contributed by atoms with Crippen LogP contribution in [-0.4, -0.2) is 13.7 Å². The van der Waals surface area contributed by atoms with E-state index in [1.807, 2.05) is 7.11 Å². The van der Waals surface area contributed by atoms with Gasteiger partial charge in [-0.2, -0.15) is 0 Å². The highest BCUT2D eigenvalue weighted by Gasteiger charge is 2.39. The van der Waals surface area contributed by atoms with Crippen molar-refractivity contribution in [2.75, 3.05) is 13.7 Å². The highest BCUT2D eigenvalue weighted by atomic mass is 16.5. The lowest BCUT2D eigenvalue weighted by molar-refractivity contribution is 0.0756. The minimum Gasteiger partial charge on any atom is -0.384 e. The highest BCUT2D eigenvalue weighted by Crippen LogP contribution is 2.48. The maximum Gasteiger partial charge on any atom is 0.0493 e. The van der Waals surface area contributed by atoms with Crippen molar-refractivity contribution in [1.82, 2.24) is 0 Å². The summed E-state index contributed by atoms with van der Waals surface area (Å²) in [4.78, 5) is 0. The van der Waals surface area contributed by atoms with E-state index in [0.717, 1.165) is 30.3 Å². The van der Waals surface area contributed by atoms with Crippen LogP contribution in [0.5, 0.6) is 0 Å². The van der Waals surface area contributed by atoms with Gasteiger partial charge < -0.3 is 4.74 Å². The van der Waals surface area contributed by atoms with Gasteiger partial charge in [-0.1, -0.05) is 26.2 Å². The Bertz CT molecular complexity index is 176. The van der Waals surface area contributed by atoms with Gasteiger partial charge in [0, 0.05) is 13.7 Å². The van der Waals surface area contributed by atoms with E-state index in [1.54, 1.807) is 0 Å². The maximum atomic E-state index is 5.36. The van der Waals surface area contributed by atoms with Crippen molar-refractivity contribution < 1.29 is 4.74 Å². The fourth-order valence-corrected chi connectivity index (χ4v) is 3.80. The van der Waals surface area contributed by atoms with Gasteiger partial charge in [0.1, 0.15) is 0 Å². The summed E-state index contributed by atoms with van der Waals surface area (Å²) in [5.74, 6) is 3.97. The molecule has 2 rings (SSSR count). The third-order valence-corrected chi connectivity index (χ3v) is 4.56. The molecule has 0 bridgehead atoms. The van der Waals surface area contributed by atoms with Gasteiger partial charge in [-0.05, 0) is 42.9 Å². The SMILES string of the molecule is CCC1CC2CCCC(COC)C2C1. The fourth-order valence-electron chi connectivity index (χ4n) is 3.80. The molecule has 4 atom stereocenters. The minimum absolute atomic E-state index is 0.885. The van der Waals surface area contributed by atoms with Gasteiger partial charge >= 0.3 is 0 Å². The molecule has 1 nitrogen and oxygen atoms in total. The van der Waals surface area contributed by atoms with Crippen LogP contribution >= 0.6 is 0 Å². The lowest BCUT2D eigenvalue weighted by atomic mass is 9.74. The number of hydrogen-bond acceptors (Lipinski definition) is 1. The zero-order valence-corrected chi connectivity index (χ0v) is 9.67. The second-order valence-corrected chi connectivity index (χ2v) is 5.32. The summed E-state index contributed by atoms with van der Waals surface area (Å²) in [6, 6.07) is 0. The molecule has 4 unspecified atom stereocenters. The average Bonchev–Trinajstić information content (AvgIpc) is 2.62. The number of hydrogen-bond donors (Lipinski definition) is 0. The summed E-state index contributed by atoms with van der Waals surface area (Å²) in [5.41, 5.74) is 0. The van der Waals surface area contributed by atoms with Crippen LogP contribution in [-0.2, 0) is 4.74 Å². The molecule has 0 spiro atoms. The maximum absolute atomic E-state index is 5.36. The molecular weight excluding hydrogens is 172 g/mol. The number of fused-ring (bicyclic) bond motifs is 1. The Morgan fingerprint density at radius 1 is 1.21 bits per heavy atom. The normalized spacial score (nSPS) is 42.4. The number of ether oxygens (including phenoxy) is 1. The van der Waals surface area contributed by atoms with Crippen LogP contribution in [0.3, 0.4) is 0 Å². The molecule has 0 aromatic rings. The van der Waals surface area contributed by atoms with Gasteiger partial charge in [0.05, 0.1) is 0 Å². The topological polar surface area (TPSA) is 9.23 Å². The molecule has 0 amide bonds. The van der Waals surface area contributed by atoms with Crippen LogP contribution in [0, 0.1) is 23.7 Å². The van der Waals surface area contributed by atoms with E-state index in [0.29, 0.717) is 0 Å². The van der Waals surface area contributed by atoms with Crippen LogP contribution in [0.4, 0.5) is 0 Å². The van der Waals surface area contributed by atoms with E-state index < -0.39 is 0 Å². The molecule has 82 valence electrons. The summed E-state index contributed by atoms with van der Waals surface area (Å²) < 4.78 is 5.36.